The van der Waals surface area contributed by atoms with Crippen LogP contribution in [0.4, 0.5) is 102 Å². The summed E-state index contributed by atoms with van der Waals surface area (Å²) in [7, 11) is 0. The molecule has 6 heteroatoms. The monoisotopic (exact) mass is 1880 g/mol. The van der Waals surface area contributed by atoms with E-state index >= 15 is 0 Å². The molecule has 20 rings (SSSR count). The standard InChI is InChI=1S/C70H65N3.C69H63N3/c1-7-52-15-33-64(34-16-52)71(62-29-11-50(5)12-30-62)68-41-23-56(24-42-68)59-47-60(57-25-43-69(44-26-57)72(63-31-13-51(6)14-32-63)65-35-17-53(8-2)18-36-65)49-61(48-59)58-27-45-70(46-28-58)73(66-37-19-54(9-3)20-38-66)67-39-21-55(10-4)22-40-67;1-7-52-25-13-19-31-67(52)70(64-28-16-10-22-49(64)4)61-40-34-55(35-41-61)58-46-59(56-36-42-62(43-37-56)71(65-29-17-11-23-50(65)5)68-32-20-14-26-53(68)8-2)48-60(47-58)57-38-44-63(45-39-57)72(66-30-18-12-24-51(66)6)69-33-21-15-27-54(69)9-3/h11-49H,7-10H2,1-6H3;10-48H,7-9H2,1-6H3. The smallest absolute Gasteiger partial charge is 0.0493 e. The second-order valence-corrected chi connectivity index (χ2v) is 37.9. The van der Waals surface area contributed by atoms with Crippen molar-refractivity contribution < 1.29 is 0 Å². The Bertz CT molecular complexity index is 7180. The molecule has 0 aromatic heterocycles. The van der Waals surface area contributed by atoms with E-state index in [9.17, 15) is 0 Å². The number of anilines is 18. The van der Waals surface area contributed by atoms with Crippen LogP contribution < -0.4 is 29.4 Å². The Morgan fingerprint density at radius 2 is 0.283 bits per heavy atom. The lowest BCUT2D eigenvalue weighted by atomic mass is 9.92. The largest absolute Gasteiger partial charge is 0.311 e. The molecule has 0 amide bonds. The molecule has 0 bridgehead atoms. The van der Waals surface area contributed by atoms with Crippen LogP contribution in [0.25, 0.3) is 66.8 Å². The Balaban J connectivity index is 0.000000183. The Hall–Kier alpha value is -16.8. The van der Waals surface area contributed by atoms with Gasteiger partial charge in [0.2, 0.25) is 0 Å². The van der Waals surface area contributed by atoms with Gasteiger partial charge in [-0.25, -0.2) is 0 Å². The number of hydrogen-bond acceptors (Lipinski definition) is 6. The molecule has 20 aromatic rings. The highest BCUT2D eigenvalue weighted by Gasteiger charge is 2.25. The molecule has 0 aliphatic rings. The first-order chi connectivity index (χ1) is 71.1. The van der Waals surface area contributed by atoms with E-state index in [4.69, 9.17) is 0 Å². The minimum absolute atomic E-state index is 0.945. The van der Waals surface area contributed by atoms with Gasteiger partial charge in [0.1, 0.15) is 0 Å². The molecule has 714 valence electrons. The van der Waals surface area contributed by atoms with Gasteiger partial charge < -0.3 is 29.4 Å². The summed E-state index contributed by atoms with van der Waals surface area (Å²) in [5.74, 6) is 0. The van der Waals surface area contributed by atoms with Gasteiger partial charge in [0, 0.05) is 102 Å². The van der Waals surface area contributed by atoms with Gasteiger partial charge in [-0.2, -0.15) is 0 Å². The Morgan fingerprint density at radius 1 is 0.131 bits per heavy atom. The number of benzene rings is 20. The van der Waals surface area contributed by atoms with Gasteiger partial charge in [-0.3, -0.25) is 0 Å². The molecule has 0 saturated carbocycles. The number of rotatable bonds is 31. The van der Waals surface area contributed by atoms with Crippen LogP contribution in [0.1, 0.15) is 115 Å². The van der Waals surface area contributed by atoms with E-state index in [0.29, 0.717) is 0 Å². The van der Waals surface area contributed by atoms with Gasteiger partial charge in [-0.1, -0.05) is 314 Å². The zero-order valence-corrected chi connectivity index (χ0v) is 85.7. The maximum absolute atomic E-state index is 2.42. The molecule has 0 aliphatic carbocycles. The maximum atomic E-state index is 2.42. The van der Waals surface area contributed by atoms with E-state index in [-0.39, 0.29) is 0 Å². The highest BCUT2D eigenvalue weighted by Crippen LogP contribution is 2.49. The quantitative estimate of drug-likeness (QED) is 0.0428. The molecular weight excluding hydrogens is 1750 g/mol. The van der Waals surface area contributed by atoms with Crippen LogP contribution in [-0.2, 0) is 44.9 Å². The molecule has 0 aliphatic heterocycles. The molecule has 0 spiro atoms. The summed E-state index contributed by atoms with van der Waals surface area (Å²) in [5.41, 5.74) is 50.0. The number of nitrogens with zero attached hydrogens (tertiary/aromatic N) is 6. The summed E-state index contributed by atoms with van der Waals surface area (Å²) in [6.45, 7) is 26.4. The molecule has 145 heavy (non-hydrogen) atoms. The number of aryl methyl sites for hydroxylation is 12. The van der Waals surface area contributed by atoms with E-state index in [1.54, 1.807) is 0 Å². The third-order valence-electron chi connectivity index (χ3n) is 28.5. The Labute approximate surface area is 860 Å². The average molecular weight is 1880 g/mol. The third-order valence-corrected chi connectivity index (χ3v) is 28.5. The van der Waals surface area contributed by atoms with Gasteiger partial charge in [0.15, 0.2) is 0 Å². The van der Waals surface area contributed by atoms with Crippen LogP contribution in [0.5, 0.6) is 0 Å². The Morgan fingerprint density at radius 3 is 0.455 bits per heavy atom. The van der Waals surface area contributed by atoms with E-state index in [1.165, 1.54) is 101 Å². The minimum atomic E-state index is 0.945. The predicted molar refractivity (Wildman–Crippen MR) is 623 cm³/mol. The average Bonchev–Trinajstić information content (AvgIpc) is 0.772. The SMILES string of the molecule is CCc1ccc(N(c2ccc(C)cc2)c2ccc(-c3cc(-c4ccc(N(c5ccc(C)cc5)c5ccc(CC)cc5)cc4)cc(-c4ccc(N(c5ccc(CC)cc5)c5ccc(CC)cc5)cc4)c3)cc2)cc1.CCc1ccccc1N(c1ccc(-c2cc(-c3ccc(N(c4ccccc4C)c4ccccc4CC)cc3)cc(-c3ccc(N(c4ccccc4C)c4ccccc4CC)cc3)c2)cc1)c1ccccc1C. The van der Waals surface area contributed by atoms with E-state index in [1.807, 2.05) is 0 Å². The highest BCUT2D eigenvalue weighted by molar-refractivity contribution is 5.92. The van der Waals surface area contributed by atoms with Gasteiger partial charge >= 0.3 is 0 Å². The summed E-state index contributed by atoms with van der Waals surface area (Å²) >= 11 is 0. The van der Waals surface area contributed by atoms with Crippen molar-refractivity contribution in [1.29, 1.82) is 0 Å². The fourth-order valence-electron chi connectivity index (χ4n) is 20.1. The summed E-state index contributed by atoms with van der Waals surface area (Å²) in [4.78, 5) is 14.3. The minimum Gasteiger partial charge on any atom is -0.311 e. The van der Waals surface area contributed by atoms with Crippen LogP contribution in [0.2, 0.25) is 0 Å². The summed E-state index contributed by atoms with van der Waals surface area (Å²) < 4.78 is 0. The summed E-state index contributed by atoms with van der Waals surface area (Å²) in [6, 6.07) is 175. The lowest BCUT2D eigenvalue weighted by Crippen LogP contribution is -2.13. The first-order valence-electron chi connectivity index (χ1n) is 51.7. The van der Waals surface area contributed by atoms with Crippen molar-refractivity contribution in [3.63, 3.8) is 0 Å². The first kappa shape index (κ1) is 97.0. The summed E-state index contributed by atoms with van der Waals surface area (Å²) in [6.07, 6.45) is 6.87. The number of hydrogen-bond donors (Lipinski definition) is 0. The molecule has 0 atom stereocenters. The second kappa shape index (κ2) is 45.0. The fraction of sp³-hybridized carbons (Fsp3) is 0.137. The first-order valence-corrected chi connectivity index (χ1v) is 51.7. The molecule has 20 aromatic carbocycles. The summed E-state index contributed by atoms with van der Waals surface area (Å²) in [5, 5.41) is 0. The van der Waals surface area contributed by atoms with Crippen LogP contribution in [0, 0.1) is 34.6 Å². The molecule has 0 N–H and O–H groups in total. The van der Waals surface area contributed by atoms with Crippen molar-refractivity contribution in [2.75, 3.05) is 29.4 Å². The molecule has 6 nitrogen and oxygen atoms in total. The van der Waals surface area contributed by atoms with Crippen molar-refractivity contribution in [3.8, 4) is 66.8 Å². The molecule has 0 fully saturated rings. The van der Waals surface area contributed by atoms with Crippen LogP contribution in [0.15, 0.2) is 473 Å². The normalized spacial score (nSPS) is 11.1. The third kappa shape index (κ3) is 21.7. The van der Waals surface area contributed by atoms with Gasteiger partial charge in [-0.15, -0.1) is 0 Å². The maximum Gasteiger partial charge on any atom is 0.0493 e. The lowest BCUT2D eigenvalue weighted by molar-refractivity contribution is 1.11. The van der Waals surface area contributed by atoms with E-state index in [2.05, 4.69) is 586 Å². The predicted octanol–water partition coefficient (Wildman–Crippen LogP) is 39.7. The van der Waals surface area contributed by atoms with Crippen molar-refractivity contribution in [3.05, 3.63) is 540 Å². The second-order valence-electron chi connectivity index (χ2n) is 37.9. The van der Waals surface area contributed by atoms with Crippen LogP contribution in [0.3, 0.4) is 0 Å². The van der Waals surface area contributed by atoms with E-state index < -0.39 is 0 Å². The zero-order chi connectivity index (χ0) is 99.8. The molecule has 0 saturated heterocycles. The van der Waals surface area contributed by atoms with Gasteiger partial charge in [0.25, 0.3) is 0 Å². The zero-order valence-electron chi connectivity index (χ0n) is 85.7. The van der Waals surface area contributed by atoms with Crippen molar-refractivity contribution in [1.82, 2.24) is 0 Å². The molecule has 0 radical (unpaired) electrons. The highest BCUT2D eigenvalue weighted by atomic mass is 15.2. The lowest BCUT2D eigenvalue weighted by Gasteiger charge is -2.29. The van der Waals surface area contributed by atoms with E-state index in [0.717, 1.165) is 180 Å². The molecule has 0 unspecified atom stereocenters. The van der Waals surface area contributed by atoms with Gasteiger partial charge in [-0.05, 0) is 420 Å². The molecular formula is C139H128N6. The fourth-order valence-corrected chi connectivity index (χ4v) is 20.1. The van der Waals surface area contributed by atoms with Crippen LogP contribution >= 0.6 is 0 Å². The van der Waals surface area contributed by atoms with Gasteiger partial charge in [0.05, 0.1) is 0 Å². The topological polar surface area (TPSA) is 19.4 Å². The molecule has 0 heterocycles. The van der Waals surface area contributed by atoms with Crippen molar-refractivity contribution >= 4 is 102 Å². The van der Waals surface area contributed by atoms with Crippen molar-refractivity contribution in [2.45, 2.75) is 128 Å². The van der Waals surface area contributed by atoms with Crippen LogP contribution in [-0.4, -0.2) is 0 Å². The number of para-hydroxylation sites is 6. The Kier molecular flexibility index (Phi) is 30.1. The van der Waals surface area contributed by atoms with Crippen molar-refractivity contribution in [2.24, 2.45) is 0 Å².